The van der Waals surface area contributed by atoms with E-state index in [0.717, 1.165) is 12.8 Å². The molecule has 2 rings (SSSR count). The van der Waals surface area contributed by atoms with Crippen LogP contribution in [0.1, 0.15) is 40.0 Å². The molecule has 0 amide bonds. The van der Waals surface area contributed by atoms with E-state index in [-0.39, 0.29) is 10.6 Å². The molecule has 0 aromatic carbocycles. The molecule has 0 radical (unpaired) electrons. The number of aromatic nitrogens is 2. The number of hydrogen-bond acceptors (Lipinski definition) is 4. The van der Waals surface area contributed by atoms with Crippen LogP contribution in [0.25, 0.3) is 0 Å². The van der Waals surface area contributed by atoms with Crippen LogP contribution in [0, 0.1) is 0 Å². The molecule has 1 aliphatic rings. The second-order valence-corrected chi connectivity index (χ2v) is 5.52. The summed E-state index contributed by atoms with van der Waals surface area (Å²) in [7, 11) is 0. The summed E-state index contributed by atoms with van der Waals surface area (Å²) in [5.41, 5.74) is 3.62. The van der Waals surface area contributed by atoms with Crippen LogP contribution < -0.4 is 11.0 Å². The van der Waals surface area contributed by atoms with Crippen molar-refractivity contribution in [3.8, 4) is 0 Å². The Morgan fingerprint density at radius 1 is 1.42 bits per heavy atom. The van der Waals surface area contributed by atoms with Crippen molar-refractivity contribution in [2.24, 2.45) is 0 Å². The van der Waals surface area contributed by atoms with Gasteiger partial charge in [0.15, 0.2) is 0 Å². The summed E-state index contributed by atoms with van der Waals surface area (Å²) in [6.07, 6.45) is 5.16. The van der Waals surface area contributed by atoms with Crippen molar-refractivity contribution in [2.75, 3.05) is 5.43 Å². The van der Waals surface area contributed by atoms with Crippen LogP contribution in [0.15, 0.2) is 11.0 Å². The molecule has 1 N–H and O–H groups in total. The van der Waals surface area contributed by atoms with Gasteiger partial charge in [-0.15, -0.1) is 0 Å². The summed E-state index contributed by atoms with van der Waals surface area (Å²) >= 11 is 6.13. The lowest BCUT2D eigenvalue weighted by Gasteiger charge is -2.39. The van der Waals surface area contributed by atoms with E-state index in [2.05, 4.69) is 29.4 Å². The Morgan fingerprint density at radius 3 is 2.63 bits per heavy atom. The smallest absolute Gasteiger partial charge is 0.287 e. The minimum Gasteiger partial charge on any atom is -0.315 e. The van der Waals surface area contributed by atoms with Crippen LogP contribution in [0.4, 0.5) is 5.69 Å². The molecule has 5 nitrogen and oxygen atoms in total. The second-order valence-electron chi connectivity index (χ2n) is 5.14. The number of piperidine rings is 1. The quantitative estimate of drug-likeness (QED) is 0.927. The largest absolute Gasteiger partial charge is 0.315 e. The van der Waals surface area contributed by atoms with E-state index in [1.54, 1.807) is 6.20 Å². The van der Waals surface area contributed by atoms with Crippen molar-refractivity contribution in [2.45, 2.75) is 58.7 Å². The van der Waals surface area contributed by atoms with Crippen LogP contribution in [-0.2, 0) is 6.54 Å². The monoisotopic (exact) mass is 284 g/mol. The predicted octanol–water partition coefficient (Wildman–Crippen LogP) is 2.51. The van der Waals surface area contributed by atoms with Gasteiger partial charge in [-0.2, -0.15) is 5.10 Å². The molecule has 2 unspecified atom stereocenters. The number of anilines is 1. The highest BCUT2D eigenvalue weighted by atomic mass is 35.5. The van der Waals surface area contributed by atoms with Gasteiger partial charge in [0.2, 0.25) is 0 Å². The Kier molecular flexibility index (Phi) is 4.47. The van der Waals surface area contributed by atoms with E-state index < -0.39 is 0 Å². The van der Waals surface area contributed by atoms with Crippen molar-refractivity contribution < 1.29 is 0 Å². The predicted molar refractivity (Wildman–Crippen MR) is 77.4 cm³/mol. The van der Waals surface area contributed by atoms with E-state index in [1.807, 2.05) is 6.92 Å². The third kappa shape index (κ3) is 2.92. The topological polar surface area (TPSA) is 50.2 Å². The molecule has 0 bridgehead atoms. The number of hydrazine groups is 1. The van der Waals surface area contributed by atoms with Gasteiger partial charge in [-0.1, -0.05) is 18.0 Å². The molecule has 6 heteroatoms. The number of hydrogen-bond donors (Lipinski definition) is 1. The summed E-state index contributed by atoms with van der Waals surface area (Å²) in [6.45, 7) is 6.75. The zero-order valence-corrected chi connectivity index (χ0v) is 12.4. The van der Waals surface area contributed by atoms with Gasteiger partial charge in [0, 0.05) is 18.6 Å². The zero-order chi connectivity index (χ0) is 14.0. The summed E-state index contributed by atoms with van der Waals surface area (Å²) in [4.78, 5) is 11.9. The lowest BCUT2D eigenvalue weighted by atomic mass is 10.00. The van der Waals surface area contributed by atoms with Gasteiger partial charge >= 0.3 is 0 Å². The normalized spacial score (nSPS) is 24.4. The molecule has 1 aliphatic heterocycles. The molecule has 0 saturated carbocycles. The van der Waals surface area contributed by atoms with Crippen LogP contribution in [-0.4, -0.2) is 26.9 Å². The van der Waals surface area contributed by atoms with E-state index >= 15 is 0 Å². The van der Waals surface area contributed by atoms with E-state index in [1.165, 1.54) is 11.1 Å². The Hall–Kier alpha value is -1.07. The minimum atomic E-state index is -0.244. The summed E-state index contributed by atoms with van der Waals surface area (Å²) in [5.74, 6) is 0. The number of nitrogens with one attached hydrogen (secondary N) is 1. The number of halogens is 1. The maximum Gasteiger partial charge on any atom is 0.287 e. The molecule has 0 aliphatic carbocycles. The van der Waals surface area contributed by atoms with Gasteiger partial charge < -0.3 is 5.43 Å². The molecule has 106 valence electrons. The first-order chi connectivity index (χ1) is 9.04. The molecule has 19 heavy (non-hydrogen) atoms. The first kappa shape index (κ1) is 14.3. The van der Waals surface area contributed by atoms with Gasteiger partial charge in [0.25, 0.3) is 5.56 Å². The number of nitrogens with zero attached hydrogens (tertiary/aromatic N) is 3. The molecular formula is C13H21ClN4O. The third-order valence-corrected chi connectivity index (χ3v) is 4.09. The van der Waals surface area contributed by atoms with Gasteiger partial charge in [-0.3, -0.25) is 4.79 Å². The SMILES string of the molecule is CCn1ncc(NN2C(C)CCCC2C)c(Cl)c1=O. The Labute approximate surface area is 118 Å². The lowest BCUT2D eigenvalue weighted by molar-refractivity contribution is 0.135. The first-order valence-corrected chi connectivity index (χ1v) is 7.23. The van der Waals surface area contributed by atoms with Crippen molar-refractivity contribution in [1.29, 1.82) is 0 Å². The molecule has 1 fully saturated rings. The molecule has 0 spiro atoms. The molecule has 2 heterocycles. The molecule has 1 aromatic heterocycles. The first-order valence-electron chi connectivity index (χ1n) is 6.85. The van der Waals surface area contributed by atoms with Crippen molar-refractivity contribution in [3.05, 3.63) is 21.6 Å². The minimum absolute atomic E-state index is 0.210. The van der Waals surface area contributed by atoms with Crippen molar-refractivity contribution in [1.82, 2.24) is 14.8 Å². The Balaban J connectivity index is 2.23. The second kappa shape index (κ2) is 5.92. The van der Waals surface area contributed by atoms with Gasteiger partial charge in [0.05, 0.1) is 11.9 Å². The van der Waals surface area contributed by atoms with Gasteiger partial charge in [0.1, 0.15) is 5.02 Å². The summed E-state index contributed by atoms with van der Waals surface area (Å²) in [5, 5.41) is 6.48. The molecule has 2 atom stereocenters. The third-order valence-electron chi connectivity index (χ3n) is 3.73. The average molecular weight is 285 g/mol. The standard InChI is InChI=1S/C13H21ClN4O/c1-4-17-13(19)12(14)11(8-15-17)16-18-9(2)6-5-7-10(18)3/h8-10,16H,4-7H2,1-3H3. The van der Waals surface area contributed by atoms with E-state index in [4.69, 9.17) is 11.6 Å². The molecular weight excluding hydrogens is 264 g/mol. The van der Waals surface area contributed by atoms with Crippen LogP contribution >= 0.6 is 11.6 Å². The fourth-order valence-corrected chi connectivity index (χ4v) is 2.74. The van der Waals surface area contributed by atoms with Gasteiger partial charge in [-0.05, 0) is 33.6 Å². The van der Waals surface area contributed by atoms with Crippen molar-refractivity contribution >= 4 is 17.3 Å². The molecule has 1 aromatic rings. The number of rotatable bonds is 3. The van der Waals surface area contributed by atoms with E-state index in [9.17, 15) is 4.79 Å². The highest BCUT2D eigenvalue weighted by Crippen LogP contribution is 2.25. The summed E-state index contributed by atoms with van der Waals surface area (Å²) in [6, 6.07) is 0.849. The Bertz CT molecular complexity index is 492. The maximum absolute atomic E-state index is 11.9. The summed E-state index contributed by atoms with van der Waals surface area (Å²) < 4.78 is 1.36. The van der Waals surface area contributed by atoms with Crippen LogP contribution in [0.3, 0.4) is 0 Å². The average Bonchev–Trinajstić information content (AvgIpc) is 2.39. The highest BCUT2D eigenvalue weighted by Gasteiger charge is 2.25. The van der Waals surface area contributed by atoms with E-state index in [0.29, 0.717) is 24.3 Å². The fraction of sp³-hybridized carbons (Fsp3) is 0.692. The lowest BCUT2D eigenvalue weighted by Crippen LogP contribution is -2.47. The highest BCUT2D eigenvalue weighted by molar-refractivity contribution is 6.32. The van der Waals surface area contributed by atoms with Gasteiger partial charge in [-0.25, -0.2) is 9.69 Å². The van der Waals surface area contributed by atoms with Crippen molar-refractivity contribution in [3.63, 3.8) is 0 Å². The fourth-order valence-electron chi connectivity index (χ4n) is 2.55. The molecule has 1 saturated heterocycles. The maximum atomic E-state index is 11.9. The number of aryl methyl sites for hydroxylation is 1. The van der Waals surface area contributed by atoms with Crippen LogP contribution in [0.5, 0.6) is 0 Å². The Morgan fingerprint density at radius 2 is 2.05 bits per heavy atom. The zero-order valence-electron chi connectivity index (χ0n) is 11.7. The van der Waals surface area contributed by atoms with Crippen LogP contribution in [0.2, 0.25) is 5.02 Å².